The van der Waals surface area contributed by atoms with Crippen molar-refractivity contribution in [2.45, 2.75) is 187 Å². The molecule has 37 heavy (non-hydrogen) atoms. The molecule has 0 aromatic carbocycles. The molecule has 1 rings (SSSR count). The molecule has 1 aliphatic rings. The second-order valence-electron chi connectivity index (χ2n) is 12.6. The van der Waals surface area contributed by atoms with Crippen LogP contribution in [0.15, 0.2) is 0 Å². The number of nitrogens with one attached hydrogen (secondary N) is 1. The predicted molar refractivity (Wildman–Crippen MR) is 166 cm³/mol. The maximum Gasteiger partial charge on any atom is 0.0604 e. The van der Waals surface area contributed by atoms with Crippen LogP contribution >= 0.6 is 0 Å². The molecule has 0 amide bonds. The highest BCUT2D eigenvalue weighted by Crippen LogP contribution is 2.26. The van der Waals surface area contributed by atoms with Crippen LogP contribution in [0.1, 0.15) is 169 Å². The summed E-state index contributed by atoms with van der Waals surface area (Å²) in [6.07, 6.45) is 30.6. The van der Waals surface area contributed by atoms with Crippen molar-refractivity contribution >= 4 is 0 Å². The van der Waals surface area contributed by atoms with Crippen molar-refractivity contribution < 1.29 is 4.74 Å². The third kappa shape index (κ3) is 19.6. The number of hydrogen-bond donors (Lipinski definition) is 1. The van der Waals surface area contributed by atoms with Crippen molar-refractivity contribution in [2.24, 2.45) is 5.92 Å². The maximum absolute atomic E-state index is 6.27. The van der Waals surface area contributed by atoms with Crippen LogP contribution in [0, 0.1) is 5.92 Å². The van der Waals surface area contributed by atoms with Crippen LogP contribution in [0.3, 0.4) is 0 Å². The molecule has 222 valence electrons. The maximum atomic E-state index is 6.27. The fourth-order valence-corrected chi connectivity index (χ4v) is 6.09. The molecule has 0 aliphatic heterocycles. The second-order valence-corrected chi connectivity index (χ2v) is 12.6. The van der Waals surface area contributed by atoms with E-state index in [-0.39, 0.29) is 0 Å². The second kappa shape index (κ2) is 24.9. The van der Waals surface area contributed by atoms with Gasteiger partial charge in [-0.05, 0) is 57.9 Å². The summed E-state index contributed by atoms with van der Waals surface area (Å²) < 4.78 is 6.27. The van der Waals surface area contributed by atoms with Crippen molar-refractivity contribution in [3.05, 3.63) is 0 Å². The van der Waals surface area contributed by atoms with Crippen molar-refractivity contribution in [1.82, 2.24) is 10.2 Å². The Bertz CT molecular complexity index is 453. The average Bonchev–Trinajstić information content (AvgIpc) is 2.87. The lowest BCUT2D eigenvalue weighted by atomic mass is 9.87. The van der Waals surface area contributed by atoms with Crippen molar-refractivity contribution in [2.75, 3.05) is 26.7 Å². The smallest absolute Gasteiger partial charge is 0.0604 e. The first-order valence-corrected chi connectivity index (χ1v) is 17.2. The van der Waals surface area contributed by atoms with Gasteiger partial charge in [0.25, 0.3) is 0 Å². The lowest BCUT2D eigenvalue weighted by Gasteiger charge is -2.38. The zero-order valence-corrected chi connectivity index (χ0v) is 26.3. The summed E-state index contributed by atoms with van der Waals surface area (Å²) in [6, 6.07) is 1.43. The molecule has 1 saturated carbocycles. The molecule has 3 nitrogen and oxygen atoms in total. The van der Waals surface area contributed by atoms with Gasteiger partial charge in [0.1, 0.15) is 0 Å². The number of nitrogens with zero attached hydrogens (tertiary/aromatic N) is 1. The quantitative estimate of drug-likeness (QED) is 0.103. The standard InChI is InChI=1S/C34H70N2O/c1-6-10-14-17-20-25-32(24-13-9-4)35-33-28-34(29-33)37-27-21-26-36(5)30-31(22-18-15-11-7-2)23-19-16-12-8-3/h31-35H,6-30H2,1-5H3/t32?,33-,34-. The van der Waals surface area contributed by atoms with E-state index in [1.807, 2.05) is 0 Å². The molecule has 1 fully saturated rings. The van der Waals surface area contributed by atoms with Gasteiger partial charge >= 0.3 is 0 Å². The lowest BCUT2D eigenvalue weighted by Crippen LogP contribution is -2.49. The number of rotatable bonds is 28. The molecule has 1 N–H and O–H groups in total. The average molecular weight is 523 g/mol. The van der Waals surface area contributed by atoms with E-state index in [2.05, 4.69) is 45.0 Å². The molecular weight excluding hydrogens is 452 g/mol. The number of unbranched alkanes of at least 4 members (excludes halogenated alkanes) is 11. The SMILES string of the molecule is CCCCCCCC(CCCC)N[C@H]1C[C@H](OCCCN(C)CC(CCCCCC)CCCCCC)C1. The molecule has 0 spiro atoms. The monoisotopic (exact) mass is 523 g/mol. The Morgan fingerprint density at radius 1 is 0.649 bits per heavy atom. The van der Waals surface area contributed by atoms with Gasteiger partial charge in [-0.2, -0.15) is 0 Å². The molecule has 1 unspecified atom stereocenters. The highest BCUT2D eigenvalue weighted by Gasteiger charge is 2.31. The molecule has 0 bridgehead atoms. The summed E-state index contributed by atoms with van der Waals surface area (Å²) >= 11 is 0. The van der Waals surface area contributed by atoms with E-state index in [1.54, 1.807) is 0 Å². The minimum atomic E-state index is 0.504. The Morgan fingerprint density at radius 2 is 1.16 bits per heavy atom. The summed E-state index contributed by atoms with van der Waals surface area (Å²) in [4.78, 5) is 2.59. The molecular formula is C34H70N2O. The number of hydrogen-bond acceptors (Lipinski definition) is 3. The zero-order valence-electron chi connectivity index (χ0n) is 26.3. The van der Waals surface area contributed by atoms with E-state index in [0.29, 0.717) is 12.1 Å². The third-order valence-corrected chi connectivity index (χ3v) is 8.67. The van der Waals surface area contributed by atoms with E-state index in [9.17, 15) is 0 Å². The summed E-state index contributed by atoms with van der Waals surface area (Å²) in [5.74, 6) is 0.894. The molecule has 0 aromatic heterocycles. The van der Waals surface area contributed by atoms with Gasteiger partial charge in [-0.15, -0.1) is 0 Å². The van der Waals surface area contributed by atoms with Gasteiger partial charge in [0, 0.05) is 31.8 Å². The van der Waals surface area contributed by atoms with Crippen molar-refractivity contribution in [3.63, 3.8) is 0 Å². The van der Waals surface area contributed by atoms with Crippen LogP contribution in [0.25, 0.3) is 0 Å². The molecule has 1 aliphatic carbocycles. The van der Waals surface area contributed by atoms with E-state index >= 15 is 0 Å². The Balaban J connectivity index is 2.17. The van der Waals surface area contributed by atoms with Gasteiger partial charge in [0.2, 0.25) is 0 Å². The highest BCUT2D eigenvalue weighted by atomic mass is 16.5. The van der Waals surface area contributed by atoms with Gasteiger partial charge in [0.15, 0.2) is 0 Å². The summed E-state index contributed by atoms with van der Waals surface area (Å²) in [6.45, 7) is 12.7. The normalized spacial score (nSPS) is 18.6. The Hall–Kier alpha value is -0.120. The Kier molecular flexibility index (Phi) is 23.5. The van der Waals surface area contributed by atoms with Gasteiger partial charge in [-0.1, -0.05) is 124 Å². The van der Waals surface area contributed by atoms with Crippen molar-refractivity contribution in [3.8, 4) is 0 Å². The van der Waals surface area contributed by atoms with Crippen LogP contribution in [-0.2, 0) is 4.74 Å². The van der Waals surface area contributed by atoms with E-state index in [4.69, 9.17) is 4.74 Å². The van der Waals surface area contributed by atoms with Crippen LogP contribution in [0.5, 0.6) is 0 Å². The molecule has 0 radical (unpaired) electrons. The first kappa shape index (κ1) is 34.9. The van der Waals surface area contributed by atoms with Gasteiger partial charge in [-0.3, -0.25) is 0 Å². The zero-order chi connectivity index (χ0) is 27.0. The number of ether oxygens (including phenoxy) is 1. The summed E-state index contributed by atoms with van der Waals surface area (Å²) in [5.41, 5.74) is 0. The van der Waals surface area contributed by atoms with Crippen LogP contribution < -0.4 is 5.32 Å². The highest BCUT2D eigenvalue weighted by molar-refractivity contribution is 4.88. The van der Waals surface area contributed by atoms with Gasteiger partial charge in [-0.25, -0.2) is 0 Å². The van der Waals surface area contributed by atoms with Gasteiger partial charge in [0.05, 0.1) is 6.10 Å². The Labute approximate surface area is 234 Å². The van der Waals surface area contributed by atoms with Crippen LogP contribution in [0.2, 0.25) is 0 Å². The fourth-order valence-electron chi connectivity index (χ4n) is 6.09. The Morgan fingerprint density at radius 3 is 1.76 bits per heavy atom. The third-order valence-electron chi connectivity index (χ3n) is 8.67. The van der Waals surface area contributed by atoms with E-state index in [0.717, 1.165) is 18.6 Å². The lowest BCUT2D eigenvalue weighted by molar-refractivity contribution is -0.0221. The molecule has 3 heteroatoms. The minimum absolute atomic E-state index is 0.504. The van der Waals surface area contributed by atoms with Crippen LogP contribution in [0.4, 0.5) is 0 Å². The van der Waals surface area contributed by atoms with Gasteiger partial charge < -0.3 is 15.0 Å². The minimum Gasteiger partial charge on any atom is -0.378 e. The molecule has 0 saturated heterocycles. The topological polar surface area (TPSA) is 24.5 Å². The first-order chi connectivity index (χ1) is 18.1. The predicted octanol–water partition coefficient (Wildman–Crippen LogP) is 9.92. The van der Waals surface area contributed by atoms with E-state index in [1.165, 1.54) is 154 Å². The van der Waals surface area contributed by atoms with Crippen LogP contribution in [-0.4, -0.2) is 49.8 Å². The largest absolute Gasteiger partial charge is 0.378 e. The summed E-state index contributed by atoms with van der Waals surface area (Å²) in [5, 5.41) is 4.00. The fraction of sp³-hybridized carbons (Fsp3) is 1.00. The van der Waals surface area contributed by atoms with Crippen molar-refractivity contribution in [1.29, 1.82) is 0 Å². The molecule has 1 atom stereocenters. The molecule has 0 heterocycles. The first-order valence-electron chi connectivity index (χ1n) is 17.2. The summed E-state index contributed by atoms with van der Waals surface area (Å²) in [7, 11) is 2.34. The van der Waals surface area contributed by atoms with E-state index < -0.39 is 0 Å². The molecule has 0 aromatic rings.